The van der Waals surface area contributed by atoms with Gasteiger partial charge in [-0.15, -0.1) is 0 Å². The highest BCUT2D eigenvalue weighted by molar-refractivity contribution is 5.70. The van der Waals surface area contributed by atoms with Crippen molar-refractivity contribution in [1.82, 2.24) is 0 Å². The molecule has 0 bridgehead atoms. The average molecular weight is 340 g/mol. The third-order valence-electron chi connectivity index (χ3n) is 4.78. The highest BCUT2D eigenvalue weighted by atomic mass is 16.3. The van der Waals surface area contributed by atoms with Gasteiger partial charge in [0.15, 0.2) is 0 Å². The summed E-state index contributed by atoms with van der Waals surface area (Å²) in [4.78, 5) is 2.38. The first-order chi connectivity index (χ1) is 12.0. The van der Waals surface area contributed by atoms with Crippen LogP contribution in [0.1, 0.15) is 62.1 Å². The van der Waals surface area contributed by atoms with Gasteiger partial charge in [-0.05, 0) is 50.5 Å². The minimum absolute atomic E-state index is 0.327. The van der Waals surface area contributed by atoms with Gasteiger partial charge >= 0.3 is 0 Å². The largest absolute Gasteiger partial charge is 0.508 e. The van der Waals surface area contributed by atoms with Crippen molar-refractivity contribution >= 4 is 11.4 Å². The Hall–Kier alpha value is -1.96. The number of aromatic hydroxyl groups is 1. The van der Waals surface area contributed by atoms with Gasteiger partial charge in [-0.2, -0.15) is 0 Å². The molecule has 0 atom stereocenters. The van der Waals surface area contributed by atoms with E-state index in [1.54, 1.807) is 6.07 Å². The zero-order valence-corrected chi connectivity index (χ0v) is 16.3. The van der Waals surface area contributed by atoms with Crippen molar-refractivity contribution in [2.45, 2.75) is 66.2 Å². The molecule has 0 amide bonds. The number of phenols is 1. The molecular formula is C23H33NO. The van der Waals surface area contributed by atoms with E-state index >= 15 is 0 Å². The van der Waals surface area contributed by atoms with Crippen molar-refractivity contribution in [3.63, 3.8) is 0 Å². The highest BCUT2D eigenvalue weighted by Gasteiger charge is 2.15. The zero-order chi connectivity index (χ0) is 18.2. The molecule has 136 valence electrons. The Morgan fingerprint density at radius 1 is 0.840 bits per heavy atom. The summed E-state index contributed by atoms with van der Waals surface area (Å²) in [6.07, 6.45) is 7.72. The molecule has 1 N–H and O–H groups in total. The van der Waals surface area contributed by atoms with Gasteiger partial charge < -0.3 is 10.0 Å². The van der Waals surface area contributed by atoms with Crippen molar-refractivity contribution < 1.29 is 5.11 Å². The Balaban J connectivity index is 2.21. The molecule has 2 aromatic carbocycles. The molecule has 0 radical (unpaired) electrons. The maximum Gasteiger partial charge on any atom is 0.117 e. The van der Waals surface area contributed by atoms with Crippen molar-refractivity contribution in [2.75, 3.05) is 11.4 Å². The van der Waals surface area contributed by atoms with Crippen LogP contribution in [0.5, 0.6) is 5.75 Å². The number of rotatable bonds is 9. The number of phenolic OH excluding ortho intramolecular Hbond substituents is 1. The summed E-state index contributed by atoms with van der Waals surface area (Å²) in [5, 5.41) is 9.93. The lowest BCUT2D eigenvalue weighted by atomic mass is 10.0. The van der Waals surface area contributed by atoms with Crippen LogP contribution in [0.15, 0.2) is 36.4 Å². The summed E-state index contributed by atoms with van der Waals surface area (Å²) >= 11 is 0. The smallest absolute Gasteiger partial charge is 0.117 e. The lowest BCUT2D eigenvalue weighted by Gasteiger charge is -2.29. The van der Waals surface area contributed by atoms with Crippen LogP contribution in [0, 0.1) is 20.8 Å². The molecule has 2 nitrogen and oxygen atoms in total. The minimum atomic E-state index is 0.327. The number of benzene rings is 2. The number of hydrogen-bond acceptors (Lipinski definition) is 2. The van der Waals surface area contributed by atoms with Crippen LogP contribution < -0.4 is 4.90 Å². The van der Waals surface area contributed by atoms with Crippen molar-refractivity contribution in [3.8, 4) is 5.75 Å². The summed E-state index contributed by atoms with van der Waals surface area (Å²) in [6.45, 7) is 9.77. The SMILES string of the molecule is CCCCCCCCN(c1cccc(O)c1)c1c(C)cc(C)cc1C. The van der Waals surface area contributed by atoms with E-state index in [1.165, 1.54) is 60.9 Å². The second-order valence-corrected chi connectivity index (χ2v) is 7.19. The molecular weight excluding hydrogens is 306 g/mol. The molecule has 0 spiro atoms. The molecule has 0 unspecified atom stereocenters. The van der Waals surface area contributed by atoms with Crippen LogP contribution >= 0.6 is 0 Å². The molecule has 0 fully saturated rings. The van der Waals surface area contributed by atoms with Crippen LogP contribution in [0.4, 0.5) is 11.4 Å². The van der Waals surface area contributed by atoms with Crippen molar-refractivity contribution in [2.24, 2.45) is 0 Å². The Morgan fingerprint density at radius 3 is 2.12 bits per heavy atom. The number of hydrogen-bond donors (Lipinski definition) is 1. The van der Waals surface area contributed by atoms with Gasteiger partial charge in [0, 0.05) is 24.0 Å². The fourth-order valence-corrected chi connectivity index (χ4v) is 3.68. The van der Waals surface area contributed by atoms with Crippen LogP contribution in [0.3, 0.4) is 0 Å². The summed E-state index contributed by atoms with van der Waals surface area (Å²) in [7, 11) is 0. The molecule has 2 rings (SSSR count). The Morgan fingerprint density at radius 2 is 1.48 bits per heavy atom. The van der Waals surface area contributed by atoms with E-state index in [0.717, 1.165) is 12.2 Å². The van der Waals surface area contributed by atoms with Gasteiger partial charge in [0.25, 0.3) is 0 Å². The Bertz CT molecular complexity index is 655. The lowest BCUT2D eigenvalue weighted by Crippen LogP contribution is -2.20. The maximum absolute atomic E-state index is 9.93. The van der Waals surface area contributed by atoms with Crippen molar-refractivity contribution in [3.05, 3.63) is 53.1 Å². The highest BCUT2D eigenvalue weighted by Crippen LogP contribution is 2.34. The minimum Gasteiger partial charge on any atom is -0.508 e. The summed E-state index contributed by atoms with van der Waals surface area (Å²) in [5.74, 6) is 0.327. The van der Waals surface area contributed by atoms with Gasteiger partial charge in [-0.25, -0.2) is 0 Å². The predicted molar refractivity (Wildman–Crippen MR) is 109 cm³/mol. The summed E-state index contributed by atoms with van der Waals surface area (Å²) < 4.78 is 0. The van der Waals surface area contributed by atoms with E-state index in [1.807, 2.05) is 12.1 Å². The first-order valence-electron chi connectivity index (χ1n) is 9.67. The molecule has 0 saturated heterocycles. The quantitative estimate of drug-likeness (QED) is 0.507. The Kier molecular flexibility index (Phi) is 7.36. The van der Waals surface area contributed by atoms with E-state index in [-0.39, 0.29) is 0 Å². The molecule has 0 aliphatic heterocycles. The van der Waals surface area contributed by atoms with E-state index < -0.39 is 0 Å². The molecule has 2 heteroatoms. The van der Waals surface area contributed by atoms with E-state index in [4.69, 9.17) is 0 Å². The molecule has 2 aromatic rings. The van der Waals surface area contributed by atoms with Crippen LogP contribution in [-0.2, 0) is 0 Å². The molecule has 0 aliphatic rings. The van der Waals surface area contributed by atoms with Gasteiger partial charge in [-0.3, -0.25) is 0 Å². The lowest BCUT2D eigenvalue weighted by molar-refractivity contribution is 0.475. The third kappa shape index (κ3) is 5.52. The molecule has 0 aromatic heterocycles. The fourth-order valence-electron chi connectivity index (χ4n) is 3.68. The van der Waals surface area contributed by atoms with E-state index in [0.29, 0.717) is 5.75 Å². The molecule has 0 saturated carbocycles. The van der Waals surface area contributed by atoms with Gasteiger partial charge in [0.05, 0.1) is 0 Å². The van der Waals surface area contributed by atoms with Gasteiger partial charge in [-0.1, -0.05) is 62.8 Å². The monoisotopic (exact) mass is 339 g/mol. The summed E-state index contributed by atoms with van der Waals surface area (Å²) in [5.41, 5.74) is 6.25. The number of unbranched alkanes of at least 4 members (excludes halogenated alkanes) is 5. The maximum atomic E-state index is 9.93. The van der Waals surface area contributed by atoms with Crippen LogP contribution in [0.2, 0.25) is 0 Å². The zero-order valence-electron chi connectivity index (χ0n) is 16.3. The fraction of sp³-hybridized carbons (Fsp3) is 0.478. The summed E-state index contributed by atoms with van der Waals surface area (Å²) in [6, 6.07) is 12.1. The van der Waals surface area contributed by atoms with Gasteiger partial charge in [0.1, 0.15) is 5.75 Å². The molecule has 25 heavy (non-hydrogen) atoms. The predicted octanol–water partition coefficient (Wildman–Crippen LogP) is 6.82. The molecule has 0 heterocycles. The van der Waals surface area contributed by atoms with Gasteiger partial charge in [0.2, 0.25) is 0 Å². The Labute approximate surface area is 153 Å². The second kappa shape index (κ2) is 9.50. The van der Waals surface area contributed by atoms with E-state index in [9.17, 15) is 5.11 Å². The van der Waals surface area contributed by atoms with Crippen LogP contribution in [-0.4, -0.2) is 11.7 Å². The third-order valence-corrected chi connectivity index (χ3v) is 4.78. The second-order valence-electron chi connectivity index (χ2n) is 7.19. The number of nitrogens with zero attached hydrogens (tertiary/aromatic N) is 1. The number of aryl methyl sites for hydroxylation is 3. The first-order valence-corrected chi connectivity index (χ1v) is 9.67. The van der Waals surface area contributed by atoms with E-state index in [2.05, 4.69) is 50.8 Å². The normalized spacial score (nSPS) is 10.9. The number of anilines is 2. The van der Waals surface area contributed by atoms with Crippen molar-refractivity contribution in [1.29, 1.82) is 0 Å². The van der Waals surface area contributed by atoms with Crippen LogP contribution in [0.25, 0.3) is 0 Å². The molecule has 0 aliphatic carbocycles. The first kappa shape index (κ1) is 19.4. The topological polar surface area (TPSA) is 23.5 Å². The standard InChI is InChI=1S/C23H33NO/c1-5-6-7-8-9-10-14-24(21-12-11-13-22(25)17-21)23-19(3)15-18(2)16-20(23)4/h11-13,15-17,25H,5-10,14H2,1-4H3. The average Bonchev–Trinajstić information content (AvgIpc) is 2.55.